The first-order chi connectivity index (χ1) is 10.2. The molecule has 0 aliphatic carbocycles. The van der Waals surface area contributed by atoms with E-state index in [9.17, 15) is 4.79 Å². The summed E-state index contributed by atoms with van der Waals surface area (Å²) >= 11 is 4.04. The predicted molar refractivity (Wildman–Crippen MR) is 88.0 cm³/mol. The summed E-state index contributed by atoms with van der Waals surface area (Å²) in [6.45, 7) is 4.28. The molecule has 4 heteroatoms. The van der Waals surface area contributed by atoms with Crippen molar-refractivity contribution in [2.24, 2.45) is 0 Å². The maximum atomic E-state index is 11.8. The highest BCUT2D eigenvalue weighted by Gasteiger charge is 2.15. The van der Waals surface area contributed by atoms with Gasteiger partial charge < -0.3 is 4.74 Å². The van der Waals surface area contributed by atoms with E-state index in [1.807, 2.05) is 24.3 Å². The summed E-state index contributed by atoms with van der Waals surface area (Å²) in [5.74, 6) is 0. The summed E-state index contributed by atoms with van der Waals surface area (Å²) in [5, 5.41) is 2.08. The van der Waals surface area contributed by atoms with Gasteiger partial charge in [-0.2, -0.15) is 0 Å². The fraction of sp³-hybridized carbons (Fsp3) is 0.353. The number of ether oxygens (including phenoxy) is 1. The molecule has 0 saturated carbocycles. The van der Waals surface area contributed by atoms with E-state index in [0.29, 0.717) is 5.56 Å². The van der Waals surface area contributed by atoms with Crippen molar-refractivity contribution in [2.75, 3.05) is 26.3 Å². The Labute approximate surface area is 130 Å². The van der Waals surface area contributed by atoms with E-state index < -0.39 is 0 Å². The molecule has 21 heavy (non-hydrogen) atoms. The number of hydrogen-bond acceptors (Lipinski definition) is 3. The minimum absolute atomic E-state index is 0.165. The first kappa shape index (κ1) is 14.6. The van der Waals surface area contributed by atoms with Crippen molar-refractivity contribution < 1.29 is 9.53 Å². The largest absolute Gasteiger partial charge is 0.380 e. The Morgan fingerprint density at radius 1 is 1.14 bits per heavy atom. The third kappa shape index (κ3) is 3.46. The van der Waals surface area contributed by atoms with E-state index in [1.165, 1.54) is 0 Å². The standard InChI is InChI=1S/C17H19NO2S/c19-17(21)16-11-14-5-2-1-4-13(14)10-15(16)12-18-6-3-8-20-9-7-18/h1-2,4-5,10-11H,3,6-9,12H2,(H,19,21). The fourth-order valence-corrected chi connectivity index (χ4v) is 3.02. The molecule has 0 radical (unpaired) electrons. The first-order valence-electron chi connectivity index (χ1n) is 7.29. The highest BCUT2D eigenvalue weighted by Crippen LogP contribution is 2.23. The number of benzene rings is 2. The van der Waals surface area contributed by atoms with Gasteiger partial charge in [0.25, 0.3) is 0 Å². The smallest absolute Gasteiger partial charge is 0.216 e. The topological polar surface area (TPSA) is 29.5 Å². The van der Waals surface area contributed by atoms with Gasteiger partial charge in [-0.25, -0.2) is 0 Å². The second-order valence-corrected chi connectivity index (χ2v) is 5.81. The third-order valence-corrected chi connectivity index (χ3v) is 4.15. The Morgan fingerprint density at radius 2 is 1.90 bits per heavy atom. The molecule has 1 fully saturated rings. The van der Waals surface area contributed by atoms with E-state index in [1.54, 1.807) is 0 Å². The van der Waals surface area contributed by atoms with Gasteiger partial charge in [-0.1, -0.05) is 24.3 Å². The van der Waals surface area contributed by atoms with E-state index in [-0.39, 0.29) is 5.12 Å². The van der Waals surface area contributed by atoms with Crippen LogP contribution in [-0.4, -0.2) is 36.3 Å². The van der Waals surface area contributed by atoms with Gasteiger partial charge in [0.2, 0.25) is 5.12 Å². The molecule has 0 spiro atoms. The average molecular weight is 301 g/mol. The molecule has 3 nitrogen and oxygen atoms in total. The number of thiol groups is 1. The molecule has 1 heterocycles. The van der Waals surface area contributed by atoms with Crippen molar-refractivity contribution in [3.8, 4) is 0 Å². The van der Waals surface area contributed by atoms with Crippen LogP contribution in [0.4, 0.5) is 0 Å². The summed E-state index contributed by atoms with van der Waals surface area (Å²) in [7, 11) is 0. The normalized spacial score (nSPS) is 16.8. The van der Waals surface area contributed by atoms with Gasteiger partial charge in [0.1, 0.15) is 0 Å². The van der Waals surface area contributed by atoms with Crippen LogP contribution in [0.15, 0.2) is 36.4 Å². The van der Waals surface area contributed by atoms with Crippen LogP contribution in [0.1, 0.15) is 22.3 Å². The van der Waals surface area contributed by atoms with Crippen molar-refractivity contribution in [1.82, 2.24) is 4.90 Å². The summed E-state index contributed by atoms with van der Waals surface area (Å²) in [5.41, 5.74) is 1.76. The van der Waals surface area contributed by atoms with Crippen LogP contribution in [0.25, 0.3) is 10.8 Å². The zero-order valence-electron chi connectivity index (χ0n) is 11.9. The van der Waals surface area contributed by atoms with Crippen LogP contribution in [0.2, 0.25) is 0 Å². The van der Waals surface area contributed by atoms with Crippen LogP contribution in [0, 0.1) is 0 Å². The maximum Gasteiger partial charge on any atom is 0.216 e. The van der Waals surface area contributed by atoms with Gasteiger partial charge in [-0.05, 0) is 34.9 Å². The lowest BCUT2D eigenvalue weighted by Gasteiger charge is -2.20. The minimum atomic E-state index is -0.165. The number of hydrogen-bond donors (Lipinski definition) is 1. The lowest BCUT2D eigenvalue weighted by Crippen LogP contribution is -2.26. The Balaban J connectivity index is 1.95. The average Bonchev–Trinajstić information content (AvgIpc) is 2.75. The van der Waals surface area contributed by atoms with E-state index in [4.69, 9.17) is 4.74 Å². The van der Waals surface area contributed by atoms with E-state index in [0.717, 1.165) is 55.6 Å². The molecule has 1 aliphatic heterocycles. The molecule has 0 atom stereocenters. The summed E-state index contributed by atoms with van der Waals surface area (Å²) in [6, 6.07) is 12.2. The lowest BCUT2D eigenvalue weighted by molar-refractivity contribution is 0.108. The summed E-state index contributed by atoms with van der Waals surface area (Å²) < 4.78 is 5.49. The number of rotatable bonds is 3. The van der Waals surface area contributed by atoms with Gasteiger partial charge in [-0.3, -0.25) is 9.69 Å². The quantitative estimate of drug-likeness (QED) is 0.883. The molecule has 0 aromatic heterocycles. The Hall–Kier alpha value is -1.36. The third-order valence-electron chi connectivity index (χ3n) is 3.91. The molecule has 2 aromatic rings. The summed E-state index contributed by atoms with van der Waals surface area (Å²) in [6.07, 6.45) is 1.04. The molecule has 0 unspecified atom stereocenters. The first-order valence-corrected chi connectivity index (χ1v) is 7.74. The van der Waals surface area contributed by atoms with Gasteiger partial charge in [0, 0.05) is 31.8 Å². The van der Waals surface area contributed by atoms with Crippen LogP contribution in [0.3, 0.4) is 0 Å². The SMILES string of the molecule is O=C(S)c1cc2ccccc2cc1CN1CCCOCC1. The van der Waals surface area contributed by atoms with E-state index >= 15 is 0 Å². The highest BCUT2D eigenvalue weighted by atomic mass is 32.1. The second-order valence-electron chi connectivity index (χ2n) is 5.40. The Bertz CT molecular complexity index is 648. The molecular formula is C17H19NO2S. The molecule has 0 bridgehead atoms. The van der Waals surface area contributed by atoms with Crippen LogP contribution in [-0.2, 0) is 11.3 Å². The van der Waals surface area contributed by atoms with Crippen LogP contribution in [0.5, 0.6) is 0 Å². The molecular weight excluding hydrogens is 282 g/mol. The van der Waals surface area contributed by atoms with Crippen molar-refractivity contribution in [3.05, 3.63) is 47.5 Å². The van der Waals surface area contributed by atoms with Crippen molar-refractivity contribution in [2.45, 2.75) is 13.0 Å². The fourth-order valence-electron chi connectivity index (χ4n) is 2.81. The molecule has 3 rings (SSSR count). The van der Waals surface area contributed by atoms with Crippen molar-refractivity contribution >= 4 is 28.5 Å². The van der Waals surface area contributed by atoms with Gasteiger partial charge in [0.15, 0.2) is 0 Å². The highest BCUT2D eigenvalue weighted by molar-refractivity contribution is 7.97. The molecule has 2 aromatic carbocycles. The minimum Gasteiger partial charge on any atom is -0.380 e. The number of fused-ring (bicyclic) bond motifs is 1. The van der Waals surface area contributed by atoms with E-state index in [2.05, 4.69) is 29.7 Å². The summed E-state index contributed by atoms with van der Waals surface area (Å²) in [4.78, 5) is 14.2. The van der Waals surface area contributed by atoms with Gasteiger partial charge >= 0.3 is 0 Å². The zero-order valence-corrected chi connectivity index (χ0v) is 12.8. The number of nitrogens with zero attached hydrogens (tertiary/aromatic N) is 1. The van der Waals surface area contributed by atoms with Crippen molar-refractivity contribution in [3.63, 3.8) is 0 Å². The van der Waals surface area contributed by atoms with Crippen LogP contribution < -0.4 is 0 Å². The maximum absolute atomic E-state index is 11.8. The number of carbonyl (C=O) groups is 1. The molecule has 1 saturated heterocycles. The molecule has 0 amide bonds. The van der Waals surface area contributed by atoms with Gasteiger partial charge in [0.05, 0.1) is 6.61 Å². The molecule has 0 N–H and O–H groups in total. The number of carbonyl (C=O) groups excluding carboxylic acids is 1. The second kappa shape index (κ2) is 6.60. The lowest BCUT2D eigenvalue weighted by atomic mass is 10.0. The monoisotopic (exact) mass is 301 g/mol. The van der Waals surface area contributed by atoms with Gasteiger partial charge in [-0.15, -0.1) is 12.6 Å². The zero-order chi connectivity index (χ0) is 14.7. The van der Waals surface area contributed by atoms with Crippen molar-refractivity contribution in [1.29, 1.82) is 0 Å². The predicted octanol–water partition coefficient (Wildman–Crippen LogP) is 3.13. The Kier molecular flexibility index (Phi) is 4.58. The van der Waals surface area contributed by atoms with Crippen LogP contribution >= 0.6 is 12.6 Å². The molecule has 1 aliphatic rings. The molecule has 110 valence electrons. The Morgan fingerprint density at radius 3 is 2.67 bits per heavy atom.